The Kier molecular flexibility index (Phi) is 6.41. The van der Waals surface area contributed by atoms with Gasteiger partial charge in [0.15, 0.2) is 0 Å². The topological polar surface area (TPSA) is 43.7 Å². The summed E-state index contributed by atoms with van der Waals surface area (Å²) >= 11 is 0. The van der Waals surface area contributed by atoms with Gasteiger partial charge in [-0.15, -0.1) is 0 Å². The average Bonchev–Trinajstić information content (AvgIpc) is 2.80. The van der Waals surface area contributed by atoms with Crippen molar-refractivity contribution >= 4 is 11.8 Å². The molecule has 3 aromatic rings. The average molecular weight is 416 g/mol. The van der Waals surface area contributed by atoms with Crippen LogP contribution in [0, 0.1) is 5.82 Å². The van der Waals surface area contributed by atoms with E-state index in [0.29, 0.717) is 17.9 Å². The largest absolute Gasteiger partial charge is 0.496 e. The molecule has 0 atom stereocenters. The van der Waals surface area contributed by atoms with E-state index in [0.717, 1.165) is 53.1 Å². The first-order valence-corrected chi connectivity index (χ1v) is 10.5. The molecule has 5 heteroatoms. The Morgan fingerprint density at radius 3 is 2.74 bits per heavy atom. The van der Waals surface area contributed by atoms with Gasteiger partial charge in [-0.3, -0.25) is 9.98 Å². The second-order valence-electron chi connectivity index (χ2n) is 7.25. The fraction of sp³-hybridized carbons (Fsp3) is 0.231. The Morgan fingerprint density at radius 2 is 1.97 bits per heavy atom. The van der Waals surface area contributed by atoms with Crippen molar-refractivity contribution in [2.45, 2.75) is 19.8 Å². The number of pyridine rings is 1. The van der Waals surface area contributed by atoms with E-state index in [1.807, 2.05) is 43.5 Å². The molecule has 1 aliphatic heterocycles. The molecule has 1 aliphatic rings. The summed E-state index contributed by atoms with van der Waals surface area (Å²) in [7, 11) is 1.64. The molecule has 2 aromatic carbocycles. The van der Waals surface area contributed by atoms with Gasteiger partial charge in [-0.2, -0.15) is 0 Å². The van der Waals surface area contributed by atoms with Crippen LogP contribution in [0.2, 0.25) is 0 Å². The molecule has 0 amide bonds. The van der Waals surface area contributed by atoms with Crippen LogP contribution in [0.5, 0.6) is 11.5 Å². The van der Waals surface area contributed by atoms with Gasteiger partial charge in [0.2, 0.25) is 0 Å². The van der Waals surface area contributed by atoms with Gasteiger partial charge < -0.3 is 9.47 Å². The SMILES string of the molecule is CCOc1cccc(F)c1-c1ccc(OC)c(/C=C2\CCCN=C2c2cccnc2)c1. The number of rotatable bonds is 6. The molecule has 1 aromatic heterocycles. The summed E-state index contributed by atoms with van der Waals surface area (Å²) in [6, 6.07) is 14.5. The lowest BCUT2D eigenvalue weighted by molar-refractivity contribution is 0.340. The first-order chi connectivity index (χ1) is 15.2. The fourth-order valence-electron chi connectivity index (χ4n) is 3.85. The minimum atomic E-state index is -0.315. The van der Waals surface area contributed by atoms with E-state index in [1.54, 1.807) is 25.4 Å². The third kappa shape index (κ3) is 4.50. The second-order valence-corrected chi connectivity index (χ2v) is 7.25. The van der Waals surface area contributed by atoms with Crippen LogP contribution in [-0.4, -0.2) is 31.0 Å². The highest BCUT2D eigenvalue weighted by atomic mass is 19.1. The van der Waals surface area contributed by atoms with Crippen LogP contribution in [0.4, 0.5) is 4.39 Å². The fourth-order valence-corrected chi connectivity index (χ4v) is 3.85. The highest BCUT2D eigenvalue weighted by Gasteiger charge is 2.17. The van der Waals surface area contributed by atoms with E-state index in [-0.39, 0.29) is 5.82 Å². The molecule has 0 fully saturated rings. The molecule has 0 bridgehead atoms. The normalized spacial score (nSPS) is 14.9. The third-order valence-corrected chi connectivity index (χ3v) is 5.24. The van der Waals surface area contributed by atoms with Gasteiger partial charge in [0.1, 0.15) is 17.3 Å². The maximum Gasteiger partial charge on any atom is 0.134 e. The minimum Gasteiger partial charge on any atom is -0.496 e. The van der Waals surface area contributed by atoms with Gasteiger partial charge in [0.05, 0.1) is 25.0 Å². The van der Waals surface area contributed by atoms with Gasteiger partial charge in [0, 0.05) is 30.1 Å². The first kappa shape index (κ1) is 20.8. The predicted molar refractivity (Wildman–Crippen MR) is 122 cm³/mol. The van der Waals surface area contributed by atoms with E-state index >= 15 is 0 Å². The summed E-state index contributed by atoms with van der Waals surface area (Å²) in [4.78, 5) is 8.99. The van der Waals surface area contributed by atoms with Crippen molar-refractivity contribution in [1.29, 1.82) is 0 Å². The van der Waals surface area contributed by atoms with Crippen LogP contribution in [0.15, 0.2) is 71.5 Å². The molecule has 2 heterocycles. The summed E-state index contributed by atoms with van der Waals surface area (Å²) in [6.07, 6.45) is 7.57. The monoisotopic (exact) mass is 416 g/mol. The molecule has 0 N–H and O–H groups in total. The Bertz CT molecular complexity index is 1120. The number of halogens is 1. The number of methoxy groups -OCH3 is 1. The first-order valence-electron chi connectivity index (χ1n) is 10.5. The number of hydrogen-bond acceptors (Lipinski definition) is 4. The molecule has 0 radical (unpaired) electrons. The third-order valence-electron chi connectivity index (χ3n) is 5.24. The number of nitrogens with zero attached hydrogens (tertiary/aromatic N) is 2. The van der Waals surface area contributed by atoms with E-state index < -0.39 is 0 Å². The zero-order valence-electron chi connectivity index (χ0n) is 17.8. The van der Waals surface area contributed by atoms with Gasteiger partial charge in [0.25, 0.3) is 0 Å². The van der Waals surface area contributed by atoms with E-state index in [4.69, 9.17) is 14.5 Å². The minimum absolute atomic E-state index is 0.315. The Labute approximate surface area is 182 Å². The summed E-state index contributed by atoms with van der Waals surface area (Å²) < 4.78 is 26.0. The molecule has 31 heavy (non-hydrogen) atoms. The number of aromatic nitrogens is 1. The number of hydrogen-bond donors (Lipinski definition) is 0. The smallest absolute Gasteiger partial charge is 0.134 e. The summed E-state index contributed by atoms with van der Waals surface area (Å²) in [5, 5.41) is 0. The lowest BCUT2D eigenvalue weighted by Gasteiger charge is -2.18. The number of allylic oxidation sites excluding steroid dienone is 1. The van der Waals surface area contributed by atoms with Crippen LogP contribution in [0.25, 0.3) is 17.2 Å². The van der Waals surface area contributed by atoms with Crippen LogP contribution in [0.1, 0.15) is 30.9 Å². The Balaban J connectivity index is 1.81. The molecule has 158 valence electrons. The van der Waals surface area contributed by atoms with Crippen LogP contribution in [0.3, 0.4) is 0 Å². The van der Waals surface area contributed by atoms with Crippen molar-refractivity contribution in [2.75, 3.05) is 20.3 Å². The molecular weight excluding hydrogens is 391 g/mol. The number of ether oxygens (including phenoxy) is 2. The van der Waals surface area contributed by atoms with Crippen molar-refractivity contribution in [2.24, 2.45) is 4.99 Å². The second kappa shape index (κ2) is 9.56. The van der Waals surface area contributed by atoms with E-state index in [1.165, 1.54) is 6.07 Å². The van der Waals surface area contributed by atoms with E-state index in [9.17, 15) is 4.39 Å². The molecule has 0 spiro atoms. The maximum absolute atomic E-state index is 14.8. The van der Waals surface area contributed by atoms with Gasteiger partial charge in [-0.25, -0.2) is 4.39 Å². The maximum atomic E-state index is 14.8. The lowest BCUT2D eigenvalue weighted by Crippen LogP contribution is -2.12. The molecule has 4 nitrogen and oxygen atoms in total. The van der Waals surface area contributed by atoms with Crippen molar-refractivity contribution in [3.63, 3.8) is 0 Å². The number of aliphatic imine (C=N–C) groups is 1. The van der Waals surface area contributed by atoms with Gasteiger partial charge in [-0.1, -0.05) is 12.1 Å². The van der Waals surface area contributed by atoms with Gasteiger partial charge >= 0.3 is 0 Å². The van der Waals surface area contributed by atoms with Crippen molar-refractivity contribution < 1.29 is 13.9 Å². The molecule has 0 unspecified atom stereocenters. The van der Waals surface area contributed by atoms with Crippen molar-refractivity contribution in [3.05, 3.63) is 83.4 Å². The zero-order chi connectivity index (χ0) is 21.6. The highest BCUT2D eigenvalue weighted by Crippen LogP contribution is 2.36. The Morgan fingerprint density at radius 1 is 1.06 bits per heavy atom. The standard InChI is InChI=1S/C26H25FN2O2/c1-3-31-24-10-4-9-22(27)25(24)18-11-12-23(30-2)21(15-18)16-19-7-6-14-29-26(19)20-8-5-13-28-17-20/h4-5,8-13,15-17H,3,6-7,14H2,1-2H3/b19-16+. The molecule has 4 rings (SSSR count). The predicted octanol–water partition coefficient (Wildman–Crippen LogP) is 5.96. The highest BCUT2D eigenvalue weighted by molar-refractivity contribution is 6.15. The summed E-state index contributed by atoms with van der Waals surface area (Å²) in [6.45, 7) is 3.15. The van der Waals surface area contributed by atoms with Crippen LogP contribution in [-0.2, 0) is 0 Å². The number of benzene rings is 2. The van der Waals surface area contributed by atoms with Crippen LogP contribution >= 0.6 is 0 Å². The van der Waals surface area contributed by atoms with Crippen molar-refractivity contribution in [3.8, 4) is 22.6 Å². The molecule has 0 saturated carbocycles. The van der Waals surface area contributed by atoms with Crippen LogP contribution < -0.4 is 9.47 Å². The summed E-state index contributed by atoms with van der Waals surface area (Å²) in [5.74, 6) is 0.938. The van der Waals surface area contributed by atoms with Gasteiger partial charge in [-0.05, 0) is 73.4 Å². The van der Waals surface area contributed by atoms with E-state index in [2.05, 4.69) is 11.1 Å². The zero-order valence-corrected chi connectivity index (χ0v) is 17.8. The Hall–Kier alpha value is -3.47. The van der Waals surface area contributed by atoms with Crippen molar-refractivity contribution in [1.82, 2.24) is 4.98 Å². The lowest BCUT2D eigenvalue weighted by atomic mass is 9.93. The summed E-state index contributed by atoms with van der Waals surface area (Å²) in [5.41, 5.74) is 5.14. The molecule has 0 aliphatic carbocycles. The molecular formula is C26H25FN2O2. The molecule has 0 saturated heterocycles. The quantitative estimate of drug-likeness (QED) is 0.498.